The third-order valence-electron chi connectivity index (χ3n) is 1.99. The fraction of sp³-hybridized carbons (Fsp3) is 0.889. The van der Waals surface area contributed by atoms with Gasteiger partial charge in [0.2, 0.25) is 0 Å². The Morgan fingerprint density at radius 2 is 2.33 bits per heavy atom. The third-order valence-corrected chi connectivity index (χ3v) is 1.99. The van der Waals surface area contributed by atoms with Gasteiger partial charge in [-0.2, -0.15) is 0 Å². The van der Waals surface area contributed by atoms with Crippen molar-refractivity contribution in [3.05, 3.63) is 0 Å². The van der Waals surface area contributed by atoms with Crippen LogP contribution in [0.1, 0.15) is 19.8 Å². The molecule has 0 spiro atoms. The molecular weight excluding hydrogens is 154 g/mol. The molecule has 1 fully saturated rings. The van der Waals surface area contributed by atoms with Crippen LogP contribution in [0.5, 0.6) is 0 Å². The van der Waals surface area contributed by atoms with Crippen LogP contribution >= 0.6 is 0 Å². The highest BCUT2D eigenvalue weighted by Gasteiger charge is 2.23. The number of carbonyl (C=O) groups is 1. The predicted molar refractivity (Wildman–Crippen MR) is 47.2 cm³/mol. The standard InChI is InChI=1S/C9H17NO2/c1-8(11)4-3-5-10(2)6-9-7-12-9/h9H,3-7H2,1-2H3. The van der Waals surface area contributed by atoms with Gasteiger partial charge < -0.3 is 14.4 Å². The van der Waals surface area contributed by atoms with E-state index in [-0.39, 0.29) is 5.78 Å². The second-order valence-corrected chi connectivity index (χ2v) is 3.52. The molecule has 3 heteroatoms. The van der Waals surface area contributed by atoms with Crippen molar-refractivity contribution < 1.29 is 9.53 Å². The van der Waals surface area contributed by atoms with Gasteiger partial charge in [-0.3, -0.25) is 0 Å². The summed E-state index contributed by atoms with van der Waals surface area (Å²) < 4.78 is 5.10. The van der Waals surface area contributed by atoms with Crippen LogP contribution in [0.3, 0.4) is 0 Å². The Morgan fingerprint density at radius 1 is 1.67 bits per heavy atom. The lowest BCUT2D eigenvalue weighted by molar-refractivity contribution is -0.117. The summed E-state index contributed by atoms with van der Waals surface area (Å²) in [5, 5.41) is 0. The normalized spacial score (nSPS) is 21.4. The highest BCUT2D eigenvalue weighted by atomic mass is 16.6. The van der Waals surface area contributed by atoms with Gasteiger partial charge in [-0.05, 0) is 26.9 Å². The number of carbonyl (C=O) groups excluding carboxylic acids is 1. The zero-order valence-electron chi connectivity index (χ0n) is 7.88. The first-order valence-corrected chi connectivity index (χ1v) is 4.48. The fourth-order valence-electron chi connectivity index (χ4n) is 1.21. The summed E-state index contributed by atoms with van der Waals surface area (Å²) in [5.74, 6) is 0.283. The first kappa shape index (κ1) is 9.68. The number of hydrogen-bond acceptors (Lipinski definition) is 3. The SMILES string of the molecule is CC(=O)CCCN(C)CC1CO1. The summed E-state index contributed by atoms with van der Waals surface area (Å²) in [6.07, 6.45) is 2.14. The molecule has 1 rings (SSSR count). The van der Waals surface area contributed by atoms with Crippen molar-refractivity contribution in [2.45, 2.75) is 25.9 Å². The number of hydrogen-bond donors (Lipinski definition) is 0. The van der Waals surface area contributed by atoms with Crippen LogP contribution in [0, 0.1) is 0 Å². The number of epoxide rings is 1. The van der Waals surface area contributed by atoms with Gasteiger partial charge in [0.1, 0.15) is 5.78 Å². The van der Waals surface area contributed by atoms with E-state index in [4.69, 9.17) is 4.74 Å². The predicted octanol–water partition coefficient (Wildman–Crippen LogP) is 0.686. The van der Waals surface area contributed by atoms with Gasteiger partial charge in [0.25, 0.3) is 0 Å². The number of ketones is 1. The maximum absolute atomic E-state index is 10.6. The van der Waals surface area contributed by atoms with Gasteiger partial charge in [-0.25, -0.2) is 0 Å². The lowest BCUT2D eigenvalue weighted by atomic mass is 10.2. The lowest BCUT2D eigenvalue weighted by Gasteiger charge is -2.13. The molecule has 70 valence electrons. The Bertz CT molecular complexity index is 155. The van der Waals surface area contributed by atoms with E-state index in [9.17, 15) is 4.79 Å². The van der Waals surface area contributed by atoms with Crippen molar-refractivity contribution in [3.63, 3.8) is 0 Å². The highest BCUT2D eigenvalue weighted by Crippen LogP contribution is 2.09. The van der Waals surface area contributed by atoms with Crippen LogP contribution in [-0.2, 0) is 9.53 Å². The van der Waals surface area contributed by atoms with Crippen LogP contribution in [-0.4, -0.2) is 43.5 Å². The van der Waals surface area contributed by atoms with Crippen molar-refractivity contribution >= 4 is 5.78 Å². The van der Waals surface area contributed by atoms with Crippen molar-refractivity contribution in [1.82, 2.24) is 4.90 Å². The van der Waals surface area contributed by atoms with Crippen molar-refractivity contribution in [3.8, 4) is 0 Å². The summed E-state index contributed by atoms with van der Waals surface area (Å²) >= 11 is 0. The molecule has 0 aromatic rings. The zero-order chi connectivity index (χ0) is 8.97. The summed E-state index contributed by atoms with van der Waals surface area (Å²) in [7, 11) is 2.07. The molecule has 0 aromatic heterocycles. The molecule has 1 atom stereocenters. The maximum Gasteiger partial charge on any atom is 0.129 e. The van der Waals surface area contributed by atoms with Crippen LogP contribution in [0.25, 0.3) is 0 Å². The largest absolute Gasteiger partial charge is 0.372 e. The van der Waals surface area contributed by atoms with E-state index in [2.05, 4.69) is 11.9 Å². The van der Waals surface area contributed by atoms with Crippen LogP contribution in [0.2, 0.25) is 0 Å². The van der Waals surface area contributed by atoms with Crippen molar-refractivity contribution in [1.29, 1.82) is 0 Å². The minimum atomic E-state index is 0.283. The molecule has 1 unspecified atom stereocenters. The van der Waals surface area contributed by atoms with E-state index in [1.165, 1.54) is 0 Å². The summed E-state index contributed by atoms with van der Waals surface area (Å²) in [6.45, 7) is 4.57. The van der Waals surface area contributed by atoms with Gasteiger partial charge in [0.05, 0.1) is 12.7 Å². The first-order valence-electron chi connectivity index (χ1n) is 4.48. The second kappa shape index (κ2) is 4.58. The molecule has 0 amide bonds. The molecule has 1 aliphatic rings. The highest BCUT2D eigenvalue weighted by molar-refractivity contribution is 5.75. The Hall–Kier alpha value is -0.410. The fourth-order valence-corrected chi connectivity index (χ4v) is 1.21. The molecule has 0 N–H and O–H groups in total. The maximum atomic E-state index is 10.6. The van der Waals surface area contributed by atoms with E-state index in [0.717, 1.165) is 26.1 Å². The van der Waals surface area contributed by atoms with Gasteiger partial charge in [0, 0.05) is 13.0 Å². The zero-order valence-corrected chi connectivity index (χ0v) is 7.88. The number of ether oxygens (including phenoxy) is 1. The molecule has 1 heterocycles. The molecule has 0 bridgehead atoms. The van der Waals surface area contributed by atoms with E-state index in [0.29, 0.717) is 12.5 Å². The quantitative estimate of drug-likeness (QED) is 0.551. The molecule has 0 aliphatic carbocycles. The number of nitrogens with zero attached hydrogens (tertiary/aromatic N) is 1. The molecule has 0 saturated carbocycles. The summed E-state index contributed by atoms with van der Waals surface area (Å²) in [6, 6.07) is 0. The minimum absolute atomic E-state index is 0.283. The molecule has 0 radical (unpaired) electrons. The molecule has 12 heavy (non-hydrogen) atoms. The smallest absolute Gasteiger partial charge is 0.129 e. The molecule has 1 aliphatic heterocycles. The van der Waals surface area contributed by atoms with E-state index < -0.39 is 0 Å². The van der Waals surface area contributed by atoms with Crippen LogP contribution in [0.15, 0.2) is 0 Å². The molecule has 3 nitrogen and oxygen atoms in total. The minimum Gasteiger partial charge on any atom is -0.372 e. The van der Waals surface area contributed by atoms with Gasteiger partial charge >= 0.3 is 0 Å². The molecule has 1 saturated heterocycles. The summed E-state index contributed by atoms with van der Waals surface area (Å²) in [5.41, 5.74) is 0. The molecule has 0 aromatic carbocycles. The number of rotatable bonds is 6. The van der Waals surface area contributed by atoms with E-state index in [1.54, 1.807) is 6.92 Å². The van der Waals surface area contributed by atoms with Gasteiger partial charge in [-0.1, -0.05) is 0 Å². The average Bonchev–Trinajstić information content (AvgIpc) is 2.70. The Morgan fingerprint density at radius 3 is 2.83 bits per heavy atom. The van der Waals surface area contributed by atoms with Gasteiger partial charge in [-0.15, -0.1) is 0 Å². The van der Waals surface area contributed by atoms with Crippen molar-refractivity contribution in [2.24, 2.45) is 0 Å². The summed E-state index contributed by atoms with van der Waals surface area (Å²) in [4.78, 5) is 12.8. The lowest BCUT2D eigenvalue weighted by Crippen LogP contribution is -2.24. The van der Waals surface area contributed by atoms with E-state index >= 15 is 0 Å². The number of likely N-dealkylation sites (N-methyl/N-ethyl adjacent to an activating group) is 1. The van der Waals surface area contributed by atoms with Crippen molar-refractivity contribution in [2.75, 3.05) is 26.7 Å². The monoisotopic (exact) mass is 171 g/mol. The van der Waals surface area contributed by atoms with Crippen LogP contribution < -0.4 is 0 Å². The average molecular weight is 171 g/mol. The topological polar surface area (TPSA) is 32.8 Å². The Kier molecular flexibility index (Phi) is 3.69. The molecular formula is C9H17NO2. The Balaban J connectivity index is 1.93. The van der Waals surface area contributed by atoms with E-state index in [1.807, 2.05) is 0 Å². The third kappa shape index (κ3) is 4.46. The van der Waals surface area contributed by atoms with Crippen LogP contribution in [0.4, 0.5) is 0 Å². The first-order chi connectivity index (χ1) is 5.68. The Labute approximate surface area is 73.7 Å². The van der Waals surface area contributed by atoms with Gasteiger partial charge in [0.15, 0.2) is 0 Å². The number of Topliss-reactive ketones (excluding diaryl/α,β-unsaturated/α-hetero) is 1. The second-order valence-electron chi connectivity index (χ2n) is 3.52.